The molecule has 0 spiro atoms. The first-order chi connectivity index (χ1) is 13.8. The SMILES string of the molecule is COc1cc(OC)c([C@@H]2OC(c3ccc(OC(C)=O)cc3)=NN2C(C)=O)cc1Br. The molecular weight excluding hydrogens is 444 g/mol. The molecule has 0 saturated carbocycles. The van der Waals surface area contributed by atoms with Crippen molar-refractivity contribution >= 4 is 33.7 Å². The Morgan fingerprint density at radius 1 is 1.07 bits per heavy atom. The summed E-state index contributed by atoms with van der Waals surface area (Å²) in [5, 5.41) is 5.56. The van der Waals surface area contributed by atoms with Gasteiger partial charge in [-0.05, 0) is 46.3 Å². The zero-order valence-corrected chi connectivity index (χ0v) is 17.8. The van der Waals surface area contributed by atoms with Crippen LogP contribution in [-0.4, -0.2) is 37.0 Å². The molecule has 3 rings (SSSR count). The topological polar surface area (TPSA) is 86.7 Å². The maximum absolute atomic E-state index is 12.2. The number of carbonyl (C=O) groups excluding carboxylic acids is 2. The molecule has 1 amide bonds. The zero-order valence-electron chi connectivity index (χ0n) is 16.3. The second-order valence-electron chi connectivity index (χ2n) is 6.09. The number of carbonyl (C=O) groups is 2. The van der Waals surface area contributed by atoms with Crippen LogP contribution in [0.2, 0.25) is 0 Å². The minimum Gasteiger partial charge on any atom is -0.496 e. The van der Waals surface area contributed by atoms with Gasteiger partial charge in [-0.2, -0.15) is 5.01 Å². The quantitative estimate of drug-likeness (QED) is 0.497. The second-order valence-corrected chi connectivity index (χ2v) is 6.94. The Balaban J connectivity index is 1.94. The summed E-state index contributed by atoms with van der Waals surface area (Å²) in [5.74, 6) is 1.03. The lowest BCUT2D eigenvalue weighted by Gasteiger charge is -2.22. The third kappa shape index (κ3) is 4.34. The average Bonchev–Trinajstić information content (AvgIpc) is 3.13. The molecule has 1 atom stereocenters. The van der Waals surface area contributed by atoms with E-state index in [2.05, 4.69) is 21.0 Å². The Hall–Kier alpha value is -3.07. The average molecular weight is 463 g/mol. The molecule has 0 radical (unpaired) electrons. The van der Waals surface area contributed by atoms with Crippen LogP contribution in [0.1, 0.15) is 31.2 Å². The number of methoxy groups -OCH3 is 2. The van der Waals surface area contributed by atoms with Gasteiger partial charge < -0.3 is 18.9 Å². The normalized spacial score (nSPS) is 15.4. The highest BCUT2D eigenvalue weighted by Crippen LogP contribution is 2.40. The van der Waals surface area contributed by atoms with Crippen molar-refractivity contribution < 1.29 is 28.5 Å². The molecule has 0 aromatic heterocycles. The van der Waals surface area contributed by atoms with Gasteiger partial charge in [-0.3, -0.25) is 9.59 Å². The Morgan fingerprint density at radius 2 is 1.72 bits per heavy atom. The van der Waals surface area contributed by atoms with Crippen molar-refractivity contribution in [2.24, 2.45) is 5.10 Å². The van der Waals surface area contributed by atoms with Crippen LogP contribution in [0.3, 0.4) is 0 Å². The van der Waals surface area contributed by atoms with E-state index in [1.165, 1.54) is 26.0 Å². The summed E-state index contributed by atoms with van der Waals surface area (Å²) in [5.41, 5.74) is 1.23. The highest BCUT2D eigenvalue weighted by molar-refractivity contribution is 9.10. The minimum atomic E-state index is -0.812. The van der Waals surface area contributed by atoms with Gasteiger partial charge in [0, 0.05) is 25.5 Å². The van der Waals surface area contributed by atoms with Gasteiger partial charge in [0.25, 0.3) is 0 Å². The Bertz CT molecular complexity index is 974. The molecule has 29 heavy (non-hydrogen) atoms. The molecule has 0 saturated heterocycles. The largest absolute Gasteiger partial charge is 0.496 e. The fourth-order valence-corrected chi connectivity index (χ4v) is 3.32. The van der Waals surface area contributed by atoms with Crippen LogP contribution in [0, 0.1) is 0 Å². The van der Waals surface area contributed by atoms with E-state index in [4.69, 9.17) is 18.9 Å². The Labute approximate surface area is 176 Å². The van der Waals surface area contributed by atoms with Gasteiger partial charge in [0.2, 0.25) is 18.0 Å². The smallest absolute Gasteiger partial charge is 0.308 e. The first-order valence-corrected chi connectivity index (χ1v) is 9.38. The van der Waals surface area contributed by atoms with Gasteiger partial charge in [-0.25, -0.2) is 0 Å². The highest BCUT2D eigenvalue weighted by atomic mass is 79.9. The summed E-state index contributed by atoms with van der Waals surface area (Å²) in [6.45, 7) is 2.73. The predicted molar refractivity (Wildman–Crippen MR) is 108 cm³/mol. The second kappa shape index (κ2) is 8.52. The maximum atomic E-state index is 12.2. The van der Waals surface area contributed by atoms with E-state index in [0.29, 0.717) is 32.8 Å². The van der Waals surface area contributed by atoms with Gasteiger partial charge in [0.1, 0.15) is 17.2 Å². The van der Waals surface area contributed by atoms with E-state index in [-0.39, 0.29) is 11.8 Å². The molecule has 0 aliphatic carbocycles. The van der Waals surface area contributed by atoms with Crippen molar-refractivity contribution in [2.45, 2.75) is 20.1 Å². The molecule has 0 N–H and O–H groups in total. The number of amides is 1. The van der Waals surface area contributed by atoms with E-state index < -0.39 is 12.2 Å². The van der Waals surface area contributed by atoms with Gasteiger partial charge in [0.05, 0.1) is 24.3 Å². The summed E-state index contributed by atoms with van der Waals surface area (Å²) in [4.78, 5) is 23.3. The molecule has 2 aromatic rings. The number of rotatable bonds is 5. The number of hydrogen-bond donors (Lipinski definition) is 0. The Morgan fingerprint density at radius 3 is 2.28 bits per heavy atom. The predicted octanol–water partition coefficient (Wildman–Crippen LogP) is 3.63. The number of ether oxygens (including phenoxy) is 4. The standard InChI is InChI=1S/C20H19BrN2O6/c1-11(24)23-20(15-9-16(21)18(27-4)10-17(15)26-3)29-19(22-23)13-5-7-14(8-6-13)28-12(2)25/h5-10,20H,1-4H3/t20-/m0/s1. The molecule has 0 fully saturated rings. The lowest BCUT2D eigenvalue weighted by atomic mass is 10.1. The summed E-state index contributed by atoms with van der Waals surface area (Å²) in [7, 11) is 3.07. The van der Waals surface area contributed by atoms with E-state index in [0.717, 1.165) is 0 Å². The molecule has 8 nitrogen and oxygen atoms in total. The van der Waals surface area contributed by atoms with Crippen LogP contribution < -0.4 is 14.2 Å². The fourth-order valence-electron chi connectivity index (χ4n) is 2.79. The third-order valence-corrected chi connectivity index (χ3v) is 4.72. The van der Waals surface area contributed by atoms with Crippen molar-refractivity contribution in [1.29, 1.82) is 0 Å². The van der Waals surface area contributed by atoms with Crippen LogP contribution >= 0.6 is 15.9 Å². The monoisotopic (exact) mass is 462 g/mol. The lowest BCUT2D eigenvalue weighted by Crippen LogP contribution is -2.25. The third-order valence-electron chi connectivity index (χ3n) is 4.10. The van der Waals surface area contributed by atoms with E-state index >= 15 is 0 Å². The van der Waals surface area contributed by atoms with Gasteiger partial charge in [-0.15, -0.1) is 5.10 Å². The number of esters is 1. The highest BCUT2D eigenvalue weighted by Gasteiger charge is 2.35. The molecule has 0 unspecified atom stereocenters. The number of benzene rings is 2. The number of hydrazone groups is 1. The molecular formula is C20H19BrN2O6. The molecule has 2 aromatic carbocycles. The van der Waals surface area contributed by atoms with Crippen molar-refractivity contribution in [3.63, 3.8) is 0 Å². The van der Waals surface area contributed by atoms with Gasteiger partial charge in [-0.1, -0.05) is 0 Å². The Kier molecular flexibility index (Phi) is 6.07. The van der Waals surface area contributed by atoms with Crippen molar-refractivity contribution in [1.82, 2.24) is 5.01 Å². The first-order valence-electron chi connectivity index (χ1n) is 8.59. The number of halogens is 1. The van der Waals surface area contributed by atoms with E-state index in [1.54, 1.807) is 43.5 Å². The summed E-state index contributed by atoms with van der Waals surface area (Å²) >= 11 is 3.44. The summed E-state index contributed by atoms with van der Waals surface area (Å²) in [6, 6.07) is 10.1. The lowest BCUT2D eigenvalue weighted by molar-refractivity contribution is -0.135. The summed E-state index contributed by atoms with van der Waals surface area (Å²) < 4.78 is 22.5. The fraction of sp³-hybridized carbons (Fsp3) is 0.250. The summed E-state index contributed by atoms with van der Waals surface area (Å²) in [6.07, 6.45) is -0.812. The minimum absolute atomic E-state index is 0.258. The van der Waals surface area contributed by atoms with Crippen LogP contribution in [0.4, 0.5) is 0 Å². The molecule has 1 aliphatic rings. The number of hydrogen-bond acceptors (Lipinski definition) is 7. The van der Waals surface area contributed by atoms with E-state index in [1.807, 2.05) is 0 Å². The van der Waals surface area contributed by atoms with Crippen LogP contribution in [-0.2, 0) is 14.3 Å². The molecule has 152 valence electrons. The zero-order chi connectivity index (χ0) is 21.1. The van der Waals surface area contributed by atoms with Gasteiger partial charge in [0.15, 0.2) is 0 Å². The van der Waals surface area contributed by atoms with Crippen LogP contribution in [0.25, 0.3) is 0 Å². The molecule has 9 heteroatoms. The van der Waals surface area contributed by atoms with Crippen molar-refractivity contribution in [3.05, 3.63) is 52.0 Å². The maximum Gasteiger partial charge on any atom is 0.308 e. The van der Waals surface area contributed by atoms with Gasteiger partial charge >= 0.3 is 5.97 Å². The van der Waals surface area contributed by atoms with Crippen LogP contribution in [0.15, 0.2) is 46.0 Å². The molecule has 1 heterocycles. The van der Waals surface area contributed by atoms with Crippen LogP contribution in [0.5, 0.6) is 17.2 Å². The molecule has 1 aliphatic heterocycles. The molecule has 0 bridgehead atoms. The number of nitrogens with zero attached hydrogens (tertiary/aromatic N) is 2. The first kappa shape index (κ1) is 20.7. The van der Waals surface area contributed by atoms with Crippen molar-refractivity contribution in [2.75, 3.05) is 14.2 Å². The van der Waals surface area contributed by atoms with E-state index in [9.17, 15) is 9.59 Å². The van der Waals surface area contributed by atoms with Crippen molar-refractivity contribution in [3.8, 4) is 17.2 Å².